The van der Waals surface area contributed by atoms with E-state index in [2.05, 4.69) is 10.3 Å². The molecule has 1 unspecified atom stereocenters. The molecule has 0 aliphatic carbocycles. The first-order valence-electron chi connectivity index (χ1n) is 7.63. The smallest absolute Gasteiger partial charge is 0.258 e. The summed E-state index contributed by atoms with van der Waals surface area (Å²) in [6.45, 7) is 0.286. The molecule has 0 radical (unpaired) electrons. The van der Waals surface area contributed by atoms with E-state index in [4.69, 9.17) is 16.0 Å². The number of amides is 1. The molecule has 1 atom stereocenters. The summed E-state index contributed by atoms with van der Waals surface area (Å²) < 4.78 is 18.8. The van der Waals surface area contributed by atoms with Crippen LogP contribution < -0.4 is 5.32 Å². The van der Waals surface area contributed by atoms with Crippen molar-refractivity contribution in [1.82, 2.24) is 9.88 Å². The molecule has 0 saturated carbocycles. The van der Waals surface area contributed by atoms with Gasteiger partial charge in [-0.15, -0.1) is 0 Å². The van der Waals surface area contributed by atoms with Gasteiger partial charge in [-0.1, -0.05) is 11.6 Å². The Balaban J connectivity index is 1.70. The molecule has 3 aromatic rings. The Morgan fingerprint density at radius 2 is 2.16 bits per heavy atom. The SMILES string of the molecule is O=C1c2cccnc2C(Nc2ccc(F)c(Cl)c2)N1Cc1ccco1. The van der Waals surface area contributed by atoms with E-state index in [0.717, 1.165) is 0 Å². The minimum absolute atomic E-state index is 0.00755. The van der Waals surface area contributed by atoms with E-state index < -0.39 is 12.0 Å². The fourth-order valence-corrected chi connectivity index (χ4v) is 3.04. The van der Waals surface area contributed by atoms with Gasteiger partial charge in [0.05, 0.1) is 29.1 Å². The van der Waals surface area contributed by atoms with E-state index in [-0.39, 0.29) is 17.5 Å². The minimum Gasteiger partial charge on any atom is -0.467 e. The van der Waals surface area contributed by atoms with Crippen molar-refractivity contribution >= 4 is 23.2 Å². The number of fused-ring (bicyclic) bond motifs is 1. The Bertz CT molecular complexity index is 930. The molecule has 4 rings (SSSR count). The highest BCUT2D eigenvalue weighted by molar-refractivity contribution is 6.31. The number of halogens is 2. The van der Waals surface area contributed by atoms with Crippen molar-refractivity contribution in [3.05, 3.63) is 82.8 Å². The number of anilines is 1. The first-order chi connectivity index (χ1) is 12.1. The van der Waals surface area contributed by atoms with Crippen molar-refractivity contribution in [3.8, 4) is 0 Å². The summed E-state index contributed by atoms with van der Waals surface area (Å²) in [5, 5.41) is 3.22. The molecule has 5 nitrogen and oxygen atoms in total. The quantitative estimate of drug-likeness (QED) is 0.759. The van der Waals surface area contributed by atoms with Crippen LogP contribution in [0.25, 0.3) is 0 Å². The van der Waals surface area contributed by atoms with E-state index in [1.54, 1.807) is 47.7 Å². The molecule has 25 heavy (non-hydrogen) atoms. The van der Waals surface area contributed by atoms with Crippen molar-refractivity contribution in [3.63, 3.8) is 0 Å². The summed E-state index contributed by atoms with van der Waals surface area (Å²) in [4.78, 5) is 18.7. The van der Waals surface area contributed by atoms with Gasteiger partial charge >= 0.3 is 0 Å². The highest BCUT2D eigenvalue weighted by Crippen LogP contribution is 2.34. The maximum Gasteiger partial charge on any atom is 0.258 e. The highest BCUT2D eigenvalue weighted by Gasteiger charge is 2.38. The van der Waals surface area contributed by atoms with E-state index >= 15 is 0 Å². The second kappa shape index (κ2) is 6.22. The topological polar surface area (TPSA) is 58.4 Å². The Morgan fingerprint density at radius 3 is 2.92 bits per heavy atom. The molecule has 1 aliphatic rings. The number of nitrogens with zero attached hydrogens (tertiary/aromatic N) is 2. The standard InChI is InChI=1S/C18H13ClFN3O2/c19-14-9-11(5-6-15(14)20)22-17-16-13(4-1-7-21-16)18(24)23(17)10-12-3-2-8-25-12/h1-9,17,22H,10H2. The summed E-state index contributed by atoms with van der Waals surface area (Å²) in [5.41, 5.74) is 1.73. The van der Waals surface area contributed by atoms with Gasteiger partial charge in [0, 0.05) is 11.9 Å². The van der Waals surface area contributed by atoms with Crippen LogP contribution in [-0.2, 0) is 6.54 Å². The van der Waals surface area contributed by atoms with Gasteiger partial charge in [0.2, 0.25) is 0 Å². The Morgan fingerprint density at radius 1 is 1.28 bits per heavy atom. The predicted octanol–water partition coefficient (Wildman–Crippen LogP) is 4.23. The highest BCUT2D eigenvalue weighted by atomic mass is 35.5. The van der Waals surface area contributed by atoms with Crippen molar-refractivity contribution in [2.24, 2.45) is 0 Å². The van der Waals surface area contributed by atoms with Crippen LogP contribution in [0.2, 0.25) is 5.02 Å². The monoisotopic (exact) mass is 357 g/mol. The van der Waals surface area contributed by atoms with Crippen molar-refractivity contribution in [2.45, 2.75) is 12.7 Å². The zero-order valence-electron chi connectivity index (χ0n) is 12.9. The summed E-state index contributed by atoms with van der Waals surface area (Å²) in [6, 6.07) is 11.3. The molecule has 3 heterocycles. The lowest BCUT2D eigenvalue weighted by Crippen LogP contribution is -2.32. The average molecular weight is 358 g/mol. The summed E-state index contributed by atoms with van der Waals surface area (Å²) in [7, 11) is 0. The number of carbonyl (C=O) groups is 1. The van der Waals surface area contributed by atoms with E-state index in [9.17, 15) is 9.18 Å². The number of aromatic nitrogens is 1. The fraction of sp³-hybridized carbons (Fsp3) is 0.111. The second-order valence-corrected chi connectivity index (χ2v) is 6.03. The maximum atomic E-state index is 13.4. The van der Waals surface area contributed by atoms with Crippen LogP contribution in [0.4, 0.5) is 10.1 Å². The molecule has 1 N–H and O–H groups in total. The largest absolute Gasteiger partial charge is 0.467 e. The van der Waals surface area contributed by atoms with Gasteiger partial charge in [0.15, 0.2) is 0 Å². The number of furan rings is 1. The van der Waals surface area contributed by atoms with Gasteiger partial charge in [-0.2, -0.15) is 0 Å². The van der Waals surface area contributed by atoms with Crippen LogP contribution in [0.5, 0.6) is 0 Å². The lowest BCUT2D eigenvalue weighted by Gasteiger charge is -2.25. The Labute approximate surface area is 148 Å². The summed E-state index contributed by atoms with van der Waals surface area (Å²) in [6.07, 6.45) is 2.69. The normalized spacial score (nSPS) is 16.2. The third kappa shape index (κ3) is 2.85. The first-order valence-corrected chi connectivity index (χ1v) is 8.01. The van der Waals surface area contributed by atoms with Crippen LogP contribution in [0.15, 0.2) is 59.3 Å². The van der Waals surface area contributed by atoms with Gasteiger partial charge in [-0.3, -0.25) is 9.78 Å². The maximum absolute atomic E-state index is 13.4. The third-order valence-corrected chi connectivity index (χ3v) is 4.32. The molecule has 0 fully saturated rings. The van der Waals surface area contributed by atoms with E-state index in [0.29, 0.717) is 22.7 Å². The van der Waals surface area contributed by atoms with Crippen LogP contribution in [-0.4, -0.2) is 15.8 Å². The molecule has 1 aliphatic heterocycles. The zero-order chi connectivity index (χ0) is 17.4. The number of hydrogen-bond acceptors (Lipinski definition) is 4. The summed E-state index contributed by atoms with van der Waals surface area (Å²) >= 11 is 5.85. The Kier molecular flexibility index (Phi) is 3.89. The lowest BCUT2D eigenvalue weighted by molar-refractivity contribution is 0.0714. The van der Waals surface area contributed by atoms with Gasteiger partial charge < -0.3 is 14.6 Å². The van der Waals surface area contributed by atoms with Gasteiger partial charge in [-0.05, 0) is 42.5 Å². The van der Waals surface area contributed by atoms with Gasteiger partial charge in [-0.25, -0.2) is 4.39 Å². The number of rotatable bonds is 4. The van der Waals surface area contributed by atoms with Crippen molar-refractivity contribution < 1.29 is 13.6 Å². The molecule has 126 valence electrons. The number of benzene rings is 1. The Hall–Kier alpha value is -2.86. The minimum atomic E-state index is -0.504. The second-order valence-electron chi connectivity index (χ2n) is 5.62. The first kappa shape index (κ1) is 15.7. The molecule has 0 bridgehead atoms. The predicted molar refractivity (Wildman–Crippen MR) is 90.6 cm³/mol. The average Bonchev–Trinajstić information content (AvgIpc) is 3.21. The number of pyridine rings is 1. The number of nitrogens with one attached hydrogen (secondary N) is 1. The molecule has 1 amide bonds. The molecule has 1 aromatic carbocycles. The molecule has 2 aromatic heterocycles. The molecular weight excluding hydrogens is 345 g/mol. The molecule has 0 spiro atoms. The van der Waals surface area contributed by atoms with Crippen LogP contribution >= 0.6 is 11.6 Å². The van der Waals surface area contributed by atoms with E-state index in [1.165, 1.54) is 12.1 Å². The number of carbonyl (C=O) groups excluding carboxylic acids is 1. The third-order valence-electron chi connectivity index (χ3n) is 4.03. The van der Waals surface area contributed by atoms with Crippen molar-refractivity contribution in [1.29, 1.82) is 0 Å². The lowest BCUT2D eigenvalue weighted by atomic mass is 10.2. The van der Waals surface area contributed by atoms with Crippen LogP contribution in [0, 0.1) is 5.82 Å². The number of hydrogen-bond donors (Lipinski definition) is 1. The molecular formula is C18H13ClFN3O2. The van der Waals surface area contributed by atoms with Gasteiger partial charge in [0.1, 0.15) is 17.7 Å². The van der Waals surface area contributed by atoms with Gasteiger partial charge in [0.25, 0.3) is 5.91 Å². The fourth-order valence-electron chi connectivity index (χ4n) is 2.86. The summed E-state index contributed by atoms with van der Waals surface area (Å²) in [5.74, 6) is 0.0102. The van der Waals surface area contributed by atoms with Crippen molar-refractivity contribution in [2.75, 3.05) is 5.32 Å². The van der Waals surface area contributed by atoms with E-state index in [1.807, 2.05) is 0 Å². The molecule has 7 heteroatoms. The zero-order valence-corrected chi connectivity index (χ0v) is 13.7. The van der Waals surface area contributed by atoms with Crippen LogP contribution in [0.1, 0.15) is 28.0 Å². The van der Waals surface area contributed by atoms with Crippen LogP contribution in [0.3, 0.4) is 0 Å². The molecule has 0 saturated heterocycles.